The van der Waals surface area contributed by atoms with E-state index in [2.05, 4.69) is 15.5 Å². The number of nitrogens with two attached hydrogens (primary N) is 1. The van der Waals surface area contributed by atoms with Crippen molar-refractivity contribution in [3.63, 3.8) is 0 Å². The van der Waals surface area contributed by atoms with Crippen LogP contribution in [0.25, 0.3) is 10.9 Å². The van der Waals surface area contributed by atoms with Gasteiger partial charge in [-0.25, -0.2) is 0 Å². The molecule has 1 saturated carbocycles. The molecule has 1 amide bonds. The molecule has 1 aromatic carbocycles. The van der Waals surface area contributed by atoms with Gasteiger partial charge in [-0.15, -0.1) is 12.4 Å². The van der Waals surface area contributed by atoms with Crippen molar-refractivity contribution in [1.29, 1.82) is 0 Å². The van der Waals surface area contributed by atoms with E-state index in [1.165, 1.54) is 0 Å². The number of nitrogens with zero attached hydrogens (tertiary/aromatic N) is 1. The molecule has 0 bridgehead atoms. The molecule has 0 radical (unpaired) electrons. The van der Waals surface area contributed by atoms with Crippen molar-refractivity contribution in [2.45, 2.75) is 19.3 Å². The predicted molar refractivity (Wildman–Crippen MR) is 81.9 cm³/mol. The number of H-pyrrole nitrogens is 1. The maximum absolute atomic E-state index is 12.3. The van der Waals surface area contributed by atoms with Crippen LogP contribution < -0.4 is 11.1 Å². The van der Waals surface area contributed by atoms with Gasteiger partial charge < -0.3 is 11.1 Å². The van der Waals surface area contributed by atoms with Gasteiger partial charge in [0.1, 0.15) is 0 Å². The lowest BCUT2D eigenvalue weighted by Crippen LogP contribution is -2.29. The first-order valence-electron chi connectivity index (χ1n) is 6.72. The summed E-state index contributed by atoms with van der Waals surface area (Å²) in [5.74, 6) is 0.444. The van der Waals surface area contributed by atoms with Crippen LogP contribution in [0.15, 0.2) is 24.4 Å². The van der Waals surface area contributed by atoms with Gasteiger partial charge in [-0.3, -0.25) is 9.89 Å². The average molecular weight is 295 g/mol. The highest BCUT2D eigenvalue weighted by Crippen LogP contribution is 2.32. The topological polar surface area (TPSA) is 83.8 Å². The number of para-hydroxylation sites is 1. The normalized spacial score (nSPS) is 21.6. The first-order valence-corrected chi connectivity index (χ1v) is 6.72. The second-order valence-electron chi connectivity index (χ2n) is 5.16. The number of aromatic amines is 1. The van der Waals surface area contributed by atoms with E-state index in [-0.39, 0.29) is 24.2 Å². The lowest BCUT2D eigenvalue weighted by Gasteiger charge is -2.17. The van der Waals surface area contributed by atoms with Gasteiger partial charge >= 0.3 is 0 Å². The summed E-state index contributed by atoms with van der Waals surface area (Å²) >= 11 is 0. The quantitative estimate of drug-likeness (QED) is 0.812. The minimum absolute atomic E-state index is 0. The van der Waals surface area contributed by atoms with Gasteiger partial charge in [0.25, 0.3) is 0 Å². The van der Waals surface area contributed by atoms with Crippen molar-refractivity contribution in [3.05, 3.63) is 24.4 Å². The van der Waals surface area contributed by atoms with Crippen molar-refractivity contribution >= 4 is 34.9 Å². The largest absolute Gasteiger partial charge is 0.330 e. The molecule has 4 N–H and O–H groups in total. The highest BCUT2D eigenvalue weighted by molar-refractivity contribution is 6.01. The first-order chi connectivity index (χ1) is 9.29. The summed E-state index contributed by atoms with van der Waals surface area (Å²) in [5.41, 5.74) is 7.40. The molecule has 0 aliphatic heterocycles. The van der Waals surface area contributed by atoms with E-state index >= 15 is 0 Å². The van der Waals surface area contributed by atoms with E-state index in [9.17, 15) is 4.79 Å². The highest BCUT2D eigenvalue weighted by Gasteiger charge is 2.32. The Kier molecular flexibility index (Phi) is 4.62. The molecule has 2 atom stereocenters. The van der Waals surface area contributed by atoms with Crippen LogP contribution in [-0.2, 0) is 4.79 Å². The van der Waals surface area contributed by atoms with Gasteiger partial charge in [-0.05, 0) is 31.4 Å². The lowest BCUT2D eigenvalue weighted by atomic mass is 9.95. The molecular weight excluding hydrogens is 276 g/mol. The van der Waals surface area contributed by atoms with E-state index in [1.54, 1.807) is 6.20 Å². The van der Waals surface area contributed by atoms with Crippen LogP contribution in [0.2, 0.25) is 0 Å². The zero-order valence-corrected chi connectivity index (χ0v) is 12.0. The van der Waals surface area contributed by atoms with E-state index < -0.39 is 0 Å². The first kappa shape index (κ1) is 14.8. The zero-order chi connectivity index (χ0) is 13.2. The van der Waals surface area contributed by atoms with Gasteiger partial charge in [0, 0.05) is 11.3 Å². The van der Waals surface area contributed by atoms with Crippen LogP contribution in [0.3, 0.4) is 0 Å². The second kappa shape index (κ2) is 6.24. The maximum atomic E-state index is 12.3. The van der Waals surface area contributed by atoms with Crippen molar-refractivity contribution in [2.75, 3.05) is 11.9 Å². The number of amides is 1. The smallest absolute Gasteiger partial charge is 0.227 e. The Morgan fingerprint density at radius 2 is 2.30 bits per heavy atom. The molecule has 3 rings (SSSR count). The molecule has 20 heavy (non-hydrogen) atoms. The van der Waals surface area contributed by atoms with Crippen molar-refractivity contribution in [2.24, 2.45) is 17.6 Å². The summed E-state index contributed by atoms with van der Waals surface area (Å²) in [6, 6.07) is 5.78. The standard InChI is InChI=1S/C14H18N4O.ClH/c15-7-9-3-1-5-11(9)14(19)17-12-6-2-4-10-8-16-18-13(10)12;/h2,4,6,8-9,11H,1,3,5,7,15H2,(H,16,18)(H,17,19);1H/t9-,11-;/m1./s1. The number of carbonyl (C=O) groups excluding carboxylic acids is 1. The Morgan fingerprint density at radius 1 is 1.45 bits per heavy atom. The molecular formula is C14H19ClN4O. The van der Waals surface area contributed by atoms with Crippen molar-refractivity contribution in [1.82, 2.24) is 10.2 Å². The Morgan fingerprint density at radius 3 is 3.10 bits per heavy atom. The number of hydrogen-bond donors (Lipinski definition) is 3. The molecule has 0 spiro atoms. The molecule has 0 unspecified atom stereocenters. The minimum atomic E-state index is 0. The monoisotopic (exact) mass is 294 g/mol. The van der Waals surface area contributed by atoms with E-state index in [0.29, 0.717) is 12.5 Å². The summed E-state index contributed by atoms with van der Waals surface area (Å²) in [6.45, 7) is 0.590. The fraction of sp³-hybridized carbons (Fsp3) is 0.429. The summed E-state index contributed by atoms with van der Waals surface area (Å²) < 4.78 is 0. The minimum Gasteiger partial charge on any atom is -0.330 e. The lowest BCUT2D eigenvalue weighted by molar-refractivity contribution is -0.120. The Balaban J connectivity index is 0.00000147. The fourth-order valence-corrected chi connectivity index (χ4v) is 2.96. The van der Waals surface area contributed by atoms with E-state index in [4.69, 9.17) is 5.73 Å². The number of hydrogen-bond acceptors (Lipinski definition) is 3. The molecule has 5 nitrogen and oxygen atoms in total. The van der Waals surface area contributed by atoms with Crippen LogP contribution in [0.1, 0.15) is 19.3 Å². The zero-order valence-electron chi connectivity index (χ0n) is 11.1. The number of nitrogens with one attached hydrogen (secondary N) is 2. The second-order valence-corrected chi connectivity index (χ2v) is 5.16. The van der Waals surface area contributed by atoms with Crippen LogP contribution in [0, 0.1) is 11.8 Å². The molecule has 1 heterocycles. The van der Waals surface area contributed by atoms with Crippen LogP contribution in [0.4, 0.5) is 5.69 Å². The number of benzene rings is 1. The van der Waals surface area contributed by atoms with Gasteiger partial charge in [-0.1, -0.05) is 18.6 Å². The fourth-order valence-electron chi connectivity index (χ4n) is 2.96. The molecule has 0 saturated heterocycles. The van der Waals surface area contributed by atoms with Gasteiger partial charge in [0.15, 0.2) is 0 Å². The Labute approximate surface area is 123 Å². The summed E-state index contributed by atoms with van der Waals surface area (Å²) in [5, 5.41) is 10.9. The molecule has 1 aliphatic carbocycles. The molecule has 1 aromatic heterocycles. The molecule has 1 aliphatic rings. The van der Waals surface area contributed by atoms with Crippen LogP contribution >= 0.6 is 12.4 Å². The molecule has 6 heteroatoms. The Bertz CT molecular complexity index is 598. The van der Waals surface area contributed by atoms with E-state index in [0.717, 1.165) is 35.9 Å². The van der Waals surface area contributed by atoms with Crippen LogP contribution in [0.5, 0.6) is 0 Å². The number of fused-ring (bicyclic) bond motifs is 1. The third-order valence-electron chi connectivity index (χ3n) is 4.03. The van der Waals surface area contributed by atoms with Crippen molar-refractivity contribution in [3.8, 4) is 0 Å². The molecule has 108 valence electrons. The summed E-state index contributed by atoms with van der Waals surface area (Å²) in [4.78, 5) is 12.3. The van der Waals surface area contributed by atoms with E-state index in [1.807, 2.05) is 18.2 Å². The summed E-state index contributed by atoms with van der Waals surface area (Å²) in [7, 11) is 0. The number of carbonyl (C=O) groups is 1. The highest BCUT2D eigenvalue weighted by atomic mass is 35.5. The van der Waals surface area contributed by atoms with Crippen molar-refractivity contribution < 1.29 is 4.79 Å². The molecule has 1 fully saturated rings. The number of anilines is 1. The number of halogens is 1. The number of aromatic nitrogens is 2. The van der Waals surface area contributed by atoms with Gasteiger partial charge in [0.2, 0.25) is 5.91 Å². The van der Waals surface area contributed by atoms with Gasteiger partial charge in [0.05, 0.1) is 17.4 Å². The predicted octanol–water partition coefficient (Wildman–Crippen LogP) is 2.30. The SMILES string of the molecule is Cl.NC[C@H]1CCC[C@H]1C(=O)Nc1cccc2cn[nH]c12. The maximum Gasteiger partial charge on any atom is 0.227 e. The Hall–Kier alpha value is -1.59. The van der Waals surface area contributed by atoms with Crippen LogP contribution in [-0.4, -0.2) is 22.6 Å². The van der Waals surface area contributed by atoms with Gasteiger partial charge in [-0.2, -0.15) is 5.10 Å². The average Bonchev–Trinajstić information content (AvgIpc) is 3.07. The summed E-state index contributed by atoms with van der Waals surface area (Å²) in [6.07, 6.45) is 4.84. The molecule has 2 aromatic rings. The number of rotatable bonds is 3. The third-order valence-corrected chi connectivity index (χ3v) is 4.03. The third kappa shape index (κ3) is 2.64.